The Balaban J connectivity index is 2.61. The molecule has 0 N–H and O–H groups in total. The highest BCUT2D eigenvalue weighted by molar-refractivity contribution is 5.68. The average molecular weight is 265 g/mol. The first kappa shape index (κ1) is 14.2. The summed E-state index contributed by atoms with van der Waals surface area (Å²) in [6, 6.07) is 8.25. The summed E-state index contributed by atoms with van der Waals surface area (Å²) in [4.78, 5) is 8.23. The molecule has 20 heavy (non-hydrogen) atoms. The molecule has 1 heterocycles. The van der Waals surface area contributed by atoms with Gasteiger partial charge in [0.25, 0.3) is 0 Å². The van der Waals surface area contributed by atoms with Crippen molar-refractivity contribution < 1.29 is 0 Å². The Morgan fingerprint density at radius 2 is 1.70 bits per heavy atom. The van der Waals surface area contributed by atoms with Gasteiger partial charge in [0.05, 0.1) is 5.69 Å². The van der Waals surface area contributed by atoms with Crippen molar-refractivity contribution in [2.24, 2.45) is 0 Å². The van der Waals surface area contributed by atoms with E-state index in [1.54, 1.807) is 6.20 Å². The highest BCUT2D eigenvalue weighted by atomic mass is 14.9. The Kier molecular flexibility index (Phi) is 3.59. The molecule has 2 rings (SSSR count). The second-order valence-corrected chi connectivity index (χ2v) is 6.11. The smallest absolute Gasteiger partial charge is 0.227 e. The molecule has 0 unspecified atom stereocenters. The fraction of sp³-hybridized carbons (Fsp3) is 0.353. The van der Waals surface area contributed by atoms with Crippen LogP contribution < -0.4 is 0 Å². The quantitative estimate of drug-likeness (QED) is 0.785. The molecule has 0 saturated carbocycles. The second kappa shape index (κ2) is 5.05. The molecule has 0 aliphatic carbocycles. The number of benzene rings is 1. The van der Waals surface area contributed by atoms with Gasteiger partial charge in [-0.2, -0.15) is 5.26 Å². The maximum Gasteiger partial charge on any atom is 0.232 e. The van der Waals surface area contributed by atoms with Crippen LogP contribution in [0.15, 0.2) is 24.4 Å². The van der Waals surface area contributed by atoms with Crippen LogP contribution in [0, 0.1) is 25.2 Å². The monoisotopic (exact) mass is 265 g/mol. The Hall–Kier alpha value is -2.21. The Morgan fingerprint density at radius 3 is 2.20 bits per heavy atom. The van der Waals surface area contributed by atoms with Crippen molar-refractivity contribution in [3.05, 3.63) is 46.9 Å². The fourth-order valence-electron chi connectivity index (χ4n) is 2.35. The highest BCUT2D eigenvalue weighted by Gasteiger charge is 2.17. The first-order valence-corrected chi connectivity index (χ1v) is 6.68. The number of nitrogens with zero attached hydrogens (tertiary/aromatic N) is 3. The molecular formula is C17H19N3. The van der Waals surface area contributed by atoms with E-state index in [9.17, 15) is 0 Å². The number of nitriles is 1. The van der Waals surface area contributed by atoms with E-state index in [-0.39, 0.29) is 11.2 Å². The number of aryl methyl sites for hydroxylation is 2. The Labute approximate surface area is 120 Å². The van der Waals surface area contributed by atoms with Crippen LogP contribution in [0.4, 0.5) is 0 Å². The minimum atomic E-state index is 0.123. The van der Waals surface area contributed by atoms with Gasteiger partial charge in [-0.3, -0.25) is 0 Å². The molecule has 1 aromatic heterocycles. The zero-order valence-corrected chi connectivity index (χ0v) is 12.7. The lowest BCUT2D eigenvalue weighted by Gasteiger charge is -2.22. The lowest BCUT2D eigenvalue weighted by molar-refractivity contribution is 0.589. The molecule has 3 nitrogen and oxygen atoms in total. The van der Waals surface area contributed by atoms with E-state index < -0.39 is 0 Å². The number of hydrogen-bond donors (Lipinski definition) is 0. The van der Waals surface area contributed by atoms with Gasteiger partial charge in [0, 0.05) is 11.8 Å². The molecule has 0 bridgehead atoms. The second-order valence-electron chi connectivity index (χ2n) is 6.11. The van der Waals surface area contributed by atoms with Gasteiger partial charge in [-0.25, -0.2) is 9.97 Å². The molecule has 0 aliphatic heterocycles. The predicted octanol–water partition coefficient (Wildman–Crippen LogP) is 3.93. The first-order chi connectivity index (χ1) is 9.32. The standard InChI is InChI=1S/C17H19N3/c1-11-8-13(17(3,4)5)9-12(2)16(11)14-6-7-19-15(10-18)20-14/h6-9H,1-5H3. The molecule has 0 atom stereocenters. The maximum atomic E-state index is 8.92. The zero-order valence-electron chi connectivity index (χ0n) is 12.7. The number of rotatable bonds is 1. The van der Waals surface area contributed by atoms with E-state index in [0.29, 0.717) is 0 Å². The van der Waals surface area contributed by atoms with E-state index in [4.69, 9.17) is 5.26 Å². The third-order valence-electron chi connectivity index (χ3n) is 3.41. The van der Waals surface area contributed by atoms with Gasteiger partial charge in [-0.15, -0.1) is 0 Å². The maximum absolute atomic E-state index is 8.92. The SMILES string of the molecule is Cc1cc(C(C)(C)C)cc(C)c1-c1ccnc(C#N)n1. The van der Waals surface area contributed by atoms with Gasteiger partial charge in [0.1, 0.15) is 6.07 Å². The largest absolute Gasteiger partial charge is 0.232 e. The summed E-state index contributed by atoms with van der Waals surface area (Å²) in [5, 5.41) is 8.92. The van der Waals surface area contributed by atoms with Crippen molar-refractivity contribution in [2.75, 3.05) is 0 Å². The minimum absolute atomic E-state index is 0.123. The van der Waals surface area contributed by atoms with E-state index in [1.165, 1.54) is 16.7 Å². The van der Waals surface area contributed by atoms with Crippen LogP contribution in [0.3, 0.4) is 0 Å². The molecule has 2 aromatic rings. The van der Waals surface area contributed by atoms with Crippen LogP contribution in [-0.2, 0) is 5.41 Å². The van der Waals surface area contributed by atoms with Crippen LogP contribution in [-0.4, -0.2) is 9.97 Å². The van der Waals surface area contributed by atoms with E-state index >= 15 is 0 Å². The van der Waals surface area contributed by atoms with Crippen molar-refractivity contribution in [1.82, 2.24) is 9.97 Å². The summed E-state index contributed by atoms with van der Waals surface area (Å²) in [7, 11) is 0. The average Bonchev–Trinajstić information content (AvgIpc) is 2.37. The molecule has 3 heteroatoms. The normalized spacial score (nSPS) is 11.2. The van der Waals surface area contributed by atoms with Gasteiger partial charge in [-0.1, -0.05) is 32.9 Å². The third kappa shape index (κ3) is 2.70. The van der Waals surface area contributed by atoms with E-state index in [0.717, 1.165) is 11.3 Å². The van der Waals surface area contributed by atoms with Crippen molar-refractivity contribution in [2.45, 2.75) is 40.0 Å². The van der Waals surface area contributed by atoms with Crippen molar-refractivity contribution in [3.8, 4) is 17.3 Å². The molecule has 0 amide bonds. The predicted molar refractivity (Wildman–Crippen MR) is 80.4 cm³/mol. The summed E-state index contributed by atoms with van der Waals surface area (Å²) in [6.45, 7) is 10.8. The summed E-state index contributed by atoms with van der Waals surface area (Å²) in [5.74, 6) is 0.209. The van der Waals surface area contributed by atoms with Crippen molar-refractivity contribution in [1.29, 1.82) is 5.26 Å². The van der Waals surface area contributed by atoms with Crippen LogP contribution in [0.25, 0.3) is 11.3 Å². The topological polar surface area (TPSA) is 49.6 Å². The molecular weight excluding hydrogens is 246 g/mol. The molecule has 0 saturated heterocycles. The van der Waals surface area contributed by atoms with Gasteiger partial charge >= 0.3 is 0 Å². The Morgan fingerprint density at radius 1 is 1.10 bits per heavy atom. The lowest BCUT2D eigenvalue weighted by Crippen LogP contribution is -2.12. The Bertz CT molecular complexity index is 665. The van der Waals surface area contributed by atoms with Gasteiger partial charge < -0.3 is 0 Å². The summed E-state index contributed by atoms with van der Waals surface area (Å²) < 4.78 is 0. The van der Waals surface area contributed by atoms with E-state index in [1.807, 2.05) is 12.1 Å². The first-order valence-electron chi connectivity index (χ1n) is 6.68. The molecule has 0 spiro atoms. The molecule has 102 valence electrons. The molecule has 1 aromatic carbocycles. The fourth-order valence-corrected chi connectivity index (χ4v) is 2.35. The highest BCUT2D eigenvalue weighted by Crippen LogP contribution is 2.31. The van der Waals surface area contributed by atoms with Gasteiger partial charge in [0.15, 0.2) is 0 Å². The summed E-state index contributed by atoms with van der Waals surface area (Å²) >= 11 is 0. The molecule has 0 aliphatic rings. The summed E-state index contributed by atoms with van der Waals surface area (Å²) in [5.41, 5.74) is 5.70. The zero-order chi connectivity index (χ0) is 14.9. The summed E-state index contributed by atoms with van der Waals surface area (Å²) in [6.07, 6.45) is 1.64. The van der Waals surface area contributed by atoms with Crippen LogP contribution in [0.5, 0.6) is 0 Å². The van der Waals surface area contributed by atoms with Crippen LogP contribution in [0.1, 0.15) is 43.3 Å². The number of hydrogen-bond acceptors (Lipinski definition) is 3. The number of aromatic nitrogens is 2. The lowest BCUT2D eigenvalue weighted by atomic mass is 9.83. The molecule has 0 fully saturated rings. The van der Waals surface area contributed by atoms with Gasteiger partial charge in [-0.05, 0) is 42.0 Å². The van der Waals surface area contributed by atoms with Crippen molar-refractivity contribution >= 4 is 0 Å². The van der Waals surface area contributed by atoms with Crippen LogP contribution in [0.2, 0.25) is 0 Å². The minimum Gasteiger partial charge on any atom is -0.227 e. The third-order valence-corrected chi connectivity index (χ3v) is 3.41. The van der Waals surface area contributed by atoms with E-state index in [2.05, 4.69) is 56.7 Å². The molecule has 0 radical (unpaired) electrons. The van der Waals surface area contributed by atoms with Gasteiger partial charge in [0.2, 0.25) is 5.82 Å². The van der Waals surface area contributed by atoms with Crippen molar-refractivity contribution in [3.63, 3.8) is 0 Å². The van der Waals surface area contributed by atoms with Crippen LogP contribution >= 0.6 is 0 Å².